The van der Waals surface area contributed by atoms with E-state index in [2.05, 4.69) is 10.3 Å². The number of nitrogens with zero attached hydrogens (tertiary/aromatic N) is 1. The van der Waals surface area contributed by atoms with Crippen molar-refractivity contribution in [3.05, 3.63) is 58.1 Å². The van der Waals surface area contributed by atoms with Gasteiger partial charge in [0.1, 0.15) is 0 Å². The van der Waals surface area contributed by atoms with Crippen molar-refractivity contribution in [3.63, 3.8) is 0 Å². The van der Waals surface area contributed by atoms with E-state index in [1.807, 2.05) is 36.4 Å². The number of halogens is 2. The lowest BCUT2D eigenvalue weighted by atomic mass is 10.1. The van der Waals surface area contributed by atoms with E-state index in [-0.39, 0.29) is 5.91 Å². The SMILES string of the molecule is O=C(CCc1ccccc1Cl)Nc1nc2ccc(Cl)cc2s1. The molecule has 3 rings (SSSR count). The molecule has 112 valence electrons. The van der Waals surface area contributed by atoms with E-state index in [1.165, 1.54) is 11.3 Å². The molecule has 0 spiro atoms. The van der Waals surface area contributed by atoms with Gasteiger partial charge in [-0.1, -0.05) is 52.7 Å². The molecular weight excluding hydrogens is 339 g/mol. The first kappa shape index (κ1) is 15.3. The van der Waals surface area contributed by atoms with Crippen LogP contribution in [0.25, 0.3) is 10.2 Å². The molecule has 22 heavy (non-hydrogen) atoms. The Hall–Kier alpha value is -1.62. The molecule has 0 aliphatic carbocycles. The zero-order valence-electron chi connectivity index (χ0n) is 11.5. The summed E-state index contributed by atoms with van der Waals surface area (Å²) >= 11 is 13.4. The Bertz CT molecular complexity index is 832. The zero-order chi connectivity index (χ0) is 15.5. The number of amides is 1. The number of hydrogen-bond donors (Lipinski definition) is 1. The van der Waals surface area contributed by atoms with E-state index in [0.29, 0.717) is 28.0 Å². The van der Waals surface area contributed by atoms with Gasteiger partial charge >= 0.3 is 0 Å². The van der Waals surface area contributed by atoms with Crippen molar-refractivity contribution in [2.45, 2.75) is 12.8 Å². The first-order valence-corrected chi connectivity index (χ1v) is 8.28. The van der Waals surface area contributed by atoms with E-state index in [4.69, 9.17) is 23.2 Å². The van der Waals surface area contributed by atoms with Crippen LogP contribution in [0.4, 0.5) is 5.13 Å². The van der Waals surface area contributed by atoms with Crippen molar-refractivity contribution in [2.75, 3.05) is 5.32 Å². The predicted molar refractivity (Wildman–Crippen MR) is 93.0 cm³/mol. The first-order chi connectivity index (χ1) is 10.6. The third kappa shape index (κ3) is 3.58. The second-order valence-electron chi connectivity index (χ2n) is 4.77. The Labute approximate surface area is 141 Å². The summed E-state index contributed by atoms with van der Waals surface area (Å²) in [4.78, 5) is 16.4. The van der Waals surface area contributed by atoms with Gasteiger partial charge in [0.15, 0.2) is 5.13 Å². The summed E-state index contributed by atoms with van der Waals surface area (Å²) in [7, 11) is 0. The van der Waals surface area contributed by atoms with Crippen molar-refractivity contribution in [1.29, 1.82) is 0 Å². The molecule has 0 atom stereocenters. The van der Waals surface area contributed by atoms with Crippen LogP contribution in [0.1, 0.15) is 12.0 Å². The molecule has 1 heterocycles. The van der Waals surface area contributed by atoms with Crippen molar-refractivity contribution >= 4 is 55.8 Å². The molecule has 0 aliphatic heterocycles. The largest absolute Gasteiger partial charge is 0.302 e. The summed E-state index contributed by atoms with van der Waals surface area (Å²) in [6.45, 7) is 0. The zero-order valence-corrected chi connectivity index (χ0v) is 13.8. The number of thiazole rings is 1. The highest BCUT2D eigenvalue weighted by Crippen LogP contribution is 2.28. The van der Waals surface area contributed by atoms with Crippen molar-refractivity contribution < 1.29 is 4.79 Å². The van der Waals surface area contributed by atoms with Crippen molar-refractivity contribution in [3.8, 4) is 0 Å². The summed E-state index contributed by atoms with van der Waals surface area (Å²) in [6.07, 6.45) is 0.961. The Morgan fingerprint density at radius 1 is 1.18 bits per heavy atom. The minimum Gasteiger partial charge on any atom is -0.302 e. The van der Waals surface area contributed by atoms with Gasteiger partial charge in [-0.25, -0.2) is 4.98 Å². The fourth-order valence-corrected chi connectivity index (χ4v) is 3.47. The number of hydrogen-bond acceptors (Lipinski definition) is 3. The highest BCUT2D eigenvalue weighted by atomic mass is 35.5. The van der Waals surface area contributed by atoms with Crippen LogP contribution in [0.3, 0.4) is 0 Å². The number of fused-ring (bicyclic) bond motifs is 1. The second kappa shape index (κ2) is 6.65. The van der Waals surface area contributed by atoms with Crippen molar-refractivity contribution in [2.24, 2.45) is 0 Å². The van der Waals surface area contributed by atoms with Crippen LogP contribution in [0, 0.1) is 0 Å². The van der Waals surface area contributed by atoms with E-state index >= 15 is 0 Å². The Kier molecular flexibility index (Phi) is 4.62. The van der Waals surface area contributed by atoms with Gasteiger partial charge in [-0.3, -0.25) is 4.79 Å². The number of anilines is 1. The maximum Gasteiger partial charge on any atom is 0.226 e. The number of carbonyl (C=O) groups is 1. The monoisotopic (exact) mass is 350 g/mol. The van der Waals surface area contributed by atoms with Crippen LogP contribution in [0.15, 0.2) is 42.5 Å². The molecule has 0 saturated heterocycles. The van der Waals surface area contributed by atoms with Crippen LogP contribution in [0.2, 0.25) is 10.0 Å². The summed E-state index contributed by atoms with van der Waals surface area (Å²) in [5.74, 6) is -0.0786. The average molecular weight is 351 g/mol. The molecule has 0 bridgehead atoms. The number of aromatic nitrogens is 1. The molecule has 0 aliphatic rings. The van der Waals surface area contributed by atoms with E-state index in [0.717, 1.165) is 15.8 Å². The summed E-state index contributed by atoms with van der Waals surface area (Å²) in [6, 6.07) is 13.0. The molecule has 1 N–H and O–H groups in total. The molecule has 3 nitrogen and oxygen atoms in total. The lowest BCUT2D eigenvalue weighted by Crippen LogP contribution is -2.12. The van der Waals surface area contributed by atoms with Crippen LogP contribution in [-0.4, -0.2) is 10.9 Å². The molecule has 0 saturated carbocycles. The lowest BCUT2D eigenvalue weighted by molar-refractivity contribution is -0.116. The molecule has 0 radical (unpaired) electrons. The molecule has 1 aromatic heterocycles. The molecular formula is C16H12Cl2N2OS. The smallest absolute Gasteiger partial charge is 0.226 e. The minimum absolute atomic E-state index is 0.0786. The maximum atomic E-state index is 12.0. The van der Waals surface area contributed by atoms with Gasteiger partial charge in [0.2, 0.25) is 5.91 Å². The predicted octanol–water partition coefficient (Wildman–Crippen LogP) is 5.17. The van der Waals surface area contributed by atoms with E-state index < -0.39 is 0 Å². The third-order valence-electron chi connectivity index (χ3n) is 3.18. The van der Waals surface area contributed by atoms with Gasteiger partial charge < -0.3 is 5.32 Å². The topological polar surface area (TPSA) is 42.0 Å². The van der Waals surface area contributed by atoms with Crippen molar-refractivity contribution in [1.82, 2.24) is 4.98 Å². The van der Waals surface area contributed by atoms with Crippen LogP contribution < -0.4 is 5.32 Å². The van der Waals surface area contributed by atoms with E-state index in [9.17, 15) is 4.79 Å². The number of carbonyl (C=O) groups excluding carboxylic acids is 1. The summed E-state index contributed by atoms with van der Waals surface area (Å²) in [5, 5.41) is 4.75. The highest BCUT2D eigenvalue weighted by molar-refractivity contribution is 7.22. The molecule has 6 heteroatoms. The number of benzene rings is 2. The Morgan fingerprint density at radius 3 is 2.82 bits per heavy atom. The molecule has 2 aromatic carbocycles. The van der Waals surface area contributed by atoms with Gasteiger partial charge in [-0.05, 0) is 36.2 Å². The first-order valence-electron chi connectivity index (χ1n) is 6.71. The Balaban J connectivity index is 1.64. The quantitative estimate of drug-likeness (QED) is 0.704. The molecule has 0 fully saturated rings. The molecule has 0 unspecified atom stereocenters. The van der Waals surface area contributed by atoms with Gasteiger partial charge in [-0.2, -0.15) is 0 Å². The van der Waals surface area contributed by atoms with Crippen LogP contribution in [0.5, 0.6) is 0 Å². The number of aryl methyl sites for hydroxylation is 1. The van der Waals surface area contributed by atoms with Gasteiger partial charge in [0, 0.05) is 16.5 Å². The minimum atomic E-state index is -0.0786. The fraction of sp³-hybridized carbons (Fsp3) is 0.125. The highest BCUT2D eigenvalue weighted by Gasteiger charge is 2.09. The third-order valence-corrected chi connectivity index (χ3v) is 4.71. The number of nitrogens with one attached hydrogen (secondary N) is 1. The van der Waals surface area contributed by atoms with Crippen LogP contribution in [-0.2, 0) is 11.2 Å². The fourth-order valence-electron chi connectivity index (χ4n) is 2.08. The summed E-state index contributed by atoms with van der Waals surface area (Å²) < 4.78 is 0.953. The normalized spacial score (nSPS) is 10.8. The standard InChI is InChI=1S/C16H12Cl2N2OS/c17-11-6-7-13-14(9-11)22-16(19-13)20-15(21)8-5-10-3-1-2-4-12(10)18/h1-4,6-7,9H,5,8H2,(H,19,20,21). The average Bonchev–Trinajstić information content (AvgIpc) is 2.87. The summed E-state index contributed by atoms with van der Waals surface area (Å²) in [5.41, 5.74) is 1.80. The van der Waals surface area contributed by atoms with Gasteiger partial charge in [0.25, 0.3) is 0 Å². The van der Waals surface area contributed by atoms with Gasteiger partial charge in [-0.15, -0.1) is 0 Å². The van der Waals surface area contributed by atoms with E-state index in [1.54, 1.807) is 6.07 Å². The maximum absolute atomic E-state index is 12.0. The second-order valence-corrected chi connectivity index (χ2v) is 6.64. The van der Waals surface area contributed by atoms with Crippen LogP contribution >= 0.6 is 34.5 Å². The Morgan fingerprint density at radius 2 is 2.00 bits per heavy atom. The number of rotatable bonds is 4. The lowest BCUT2D eigenvalue weighted by Gasteiger charge is -2.03. The molecule has 1 amide bonds. The molecule has 3 aromatic rings. The van der Waals surface area contributed by atoms with Gasteiger partial charge in [0.05, 0.1) is 10.2 Å².